The number of fused-ring (bicyclic) bond motifs is 1. The third-order valence-electron chi connectivity index (χ3n) is 5.92. The molecular formula is C25H32ClN3O5S3. The number of methoxy groups -OCH3 is 1. The Morgan fingerprint density at radius 3 is 2.59 bits per heavy atom. The van der Waals surface area contributed by atoms with Crippen LogP contribution in [0.3, 0.4) is 0 Å². The molecule has 1 fully saturated rings. The van der Waals surface area contributed by atoms with Crippen LogP contribution in [0.1, 0.15) is 12.8 Å². The predicted molar refractivity (Wildman–Crippen MR) is 153 cm³/mol. The van der Waals surface area contributed by atoms with E-state index < -0.39 is 9.84 Å². The van der Waals surface area contributed by atoms with E-state index in [1.54, 1.807) is 42.0 Å². The molecular weight excluding hydrogens is 554 g/mol. The maximum Gasteiger partial charge on any atom is 0.228 e. The number of thiazole rings is 1. The number of rotatable bonds is 11. The van der Waals surface area contributed by atoms with Gasteiger partial charge in [0.1, 0.15) is 5.75 Å². The summed E-state index contributed by atoms with van der Waals surface area (Å²) in [4.78, 5) is 23.5. The van der Waals surface area contributed by atoms with Crippen LogP contribution in [0.2, 0.25) is 0 Å². The zero-order valence-corrected chi connectivity index (χ0v) is 24.2. The van der Waals surface area contributed by atoms with Gasteiger partial charge in [0.15, 0.2) is 15.0 Å². The number of anilines is 1. The second-order valence-electron chi connectivity index (χ2n) is 8.53. The number of amides is 1. The molecule has 0 radical (unpaired) electrons. The van der Waals surface area contributed by atoms with Crippen molar-refractivity contribution in [1.82, 2.24) is 9.88 Å². The second kappa shape index (κ2) is 13.8. The number of thioether (sulfide) groups is 1. The Hall–Kier alpha value is -1.89. The summed E-state index contributed by atoms with van der Waals surface area (Å²) in [6.45, 7) is 4.36. The highest BCUT2D eigenvalue weighted by Gasteiger charge is 2.22. The van der Waals surface area contributed by atoms with Crippen LogP contribution in [0.5, 0.6) is 5.75 Å². The molecule has 1 aromatic heterocycles. The average Bonchev–Trinajstić information content (AvgIpc) is 3.30. The highest BCUT2D eigenvalue weighted by Crippen LogP contribution is 2.31. The van der Waals surface area contributed by atoms with E-state index in [0.717, 1.165) is 47.2 Å². The van der Waals surface area contributed by atoms with Crippen molar-refractivity contribution in [2.45, 2.75) is 22.6 Å². The first-order chi connectivity index (χ1) is 17.3. The van der Waals surface area contributed by atoms with E-state index in [4.69, 9.17) is 9.47 Å². The number of morpholine rings is 1. The molecule has 2 heterocycles. The Balaban J connectivity index is 0.00000380. The predicted octanol–water partition coefficient (Wildman–Crippen LogP) is 4.37. The summed E-state index contributed by atoms with van der Waals surface area (Å²) in [6, 6.07) is 12.8. The molecule has 0 saturated carbocycles. The molecule has 0 N–H and O–H groups in total. The Bertz CT molecular complexity index is 1280. The molecule has 4 rings (SSSR count). The maximum absolute atomic E-state index is 13.3. The number of nitrogens with zero attached hydrogens (tertiary/aromatic N) is 3. The van der Waals surface area contributed by atoms with Gasteiger partial charge >= 0.3 is 0 Å². The highest BCUT2D eigenvalue weighted by molar-refractivity contribution is 7.99. The Morgan fingerprint density at radius 1 is 1.19 bits per heavy atom. The zero-order chi connectivity index (χ0) is 25.5. The molecule has 0 bridgehead atoms. The third-order valence-corrected chi connectivity index (χ3v) is 9.17. The lowest BCUT2D eigenvalue weighted by atomic mass is 10.3. The van der Waals surface area contributed by atoms with Crippen molar-refractivity contribution in [3.63, 3.8) is 0 Å². The molecule has 37 heavy (non-hydrogen) atoms. The smallest absolute Gasteiger partial charge is 0.228 e. The molecule has 1 aliphatic heterocycles. The minimum Gasteiger partial charge on any atom is -0.497 e. The van der Waals surface area contributed by atoms with Gasteiger partial charge in [0.05, 0.1) is 35.4 Å². The summed E-state index contributed by atoms with van der Waals surface area (Å²) in [6.07, 6.45) is 2.35. The molecule has 8 nitrogen and oxygen atoms in total. The van der Waals surface area contributed by atoms with E-state index in [1.807, 2.05) is 24.3 Å². The van der Waals surface area contributed by atoms with Gasteiger partial charge in [0.2, 0.25) is 5.91 Å². The van der Waals surface area contributed by atoms with Gasteiger partial charge in [-0.05, 0) is 54.6 Å². The first-order valence-corrected chi connectivity index (χ1v) is 15.5. The molecule has 3 aromatic rings. The number of ether oxygens (including phenoxy) is 2. The van der Waals surface area contributed by atoms with Crippen molar-refractivity contribution in [3.05, 3.63) is 42.5 Å². The Labute approximate surface area is 232 Å². The van der Waals surface area contributed by atoms with Crippen LogP contribution in [0.4, 0.5) is 5.13 Å². The third kappa shape index (κ3) is 8.30. The Kier molecular flexibility index (Phi) is 11.0. The molecule has 2 aromatic carbocycles. The largest absolute Gasteiger partial charge is 0.497 e. The van der Waals surface area contributed by atoms with Crippen LogP contribution in [-0.2, 0) is 19.4 Å². The number of carbonyl (C=O) groups excluding carboxylic acids is 1. The van der Waals surface area contributed by atoms with E-state index >= 15 is 0 Å². The van der Waals surface area contributed by atoms with Crippen molar-refractivity contribution in [2.75, 3.05) is 63.4 Å². The van der Waals surface area contributed by atoms with E-state index in [2.05, 4.69) is 9.88 Å². The van der Waals surface area contributed by atoms with Gasteiger partial charge in [0.25, 0.3) is 0 Å². The van der Waals surface area contributed by atoms with Gasteiger partial charge in [-0.3, -0.25) is 14.6 Å². The quantitative estimate of drug-likeness (QED) is 0.242. The topological polar surface area (TPSA) is 89.0 Å². The first kappa shape index (κ1) is 29.7. The molecule has 12 heteroatoms. The van der Waals surface area contributed by atoms with Crippen LogP contribution in [0.25, 0.3) is 10.2 Å². The van der Waals surface area contributed by atoms with Crippen molar-refractivity contribution in [2.24, 2.45) is 0 Å². The monoisotopic (exact) mass is 585 g/mol. The summed E-state index contributed by atoms with van der Waals surface area (Å²) < 4.78 is 35.4. The normalized spacial score (nSPS) is 14.3. The van der Waals surface area contributed by atoms with Gasteiger partial charge in [-0.25, -0.2) is 13.4 Å². The maximum atomic E-state index is 13.3. The second-order valence-corrected chi connectivity index (χ2v) is 12.7. The molecule has 1 aliphatic rings. The lowest BCUT2D eigenvalue weighted by molar-refractivity contribution is -0.118. The fourth-order valence-corrected chi connectivity index (χ4v) is 6.48. The van der Waals surface area contributed by atoms with Crippen LogP contribution >= 0.6 is 35.5 Å². The number of halogens is 1. The van der Waals surface area contributed by atoms with E-state index in [0.29, 0.717) is 36.8 Å². The lowest BCUT2D eigenvalue weighted by Crippen LogP contribution is -2.43. The Morgan fingerprint density at radius 2 is 1.92 bits per heavy atom. The standard InChI is InChI=1S/C25H31N3O5S3.ClH/c1-32-19-5-7-20(8-6-19)34-17-3-4-24(29)28(12-11-27-13-15-33-16-14-27)25-26-22-10-9-21(36(2,30)31)18-23(22)35-25;/h5-10,18H,3-4,11-17H2,1-2H3;1H. The van der Waals surface area contributed by atoms with Gasteiger partial charge in [0, 0.05) is 43.8 Å². The average molecular weight is 586 g/mol. The van der Waals surface area contributed by atoms with E-state index in [9.17, 15) is 13.2 Å². The molecule has 1 amide bonds. The fraction of sp³-hybridized carbons (Fsp3) is 0.440. The van der Waals surface area contributed by atoms with Crippen LogP contribution in [0.15, 0.2) is 52.3 Å². The van der Waals surface area contributed by atoms with Crippen molar-refractivity contribution >= 4 is 66.6 Å². The fourth-order valence-electron chi connectivity index (χ4n) is 3.85. The molecule has 0 aliphatic carbocycles. The van der Waals surface area contributed by atoms with Crippen LogP contribution in [-0.4, -0.2) is 82.7 Å². The molecule has 0 atom stereocenters. The number of sulfone groups is 1. The zero-order valence-electron chi connectivity index (χ0n) is 20.9. The number of hydrogen-bond acceptors (Lipinski definition) is 9. The van der Waals surface area contributed by atoms with E-state index in [1.165, 1.54) is 17.6 Å². The summed E-state index contributed by atoms with van der Waals surface area (Å²) in [5.41, 5.74) is 0.696. The number of benzene rings is 2. The van der Waals surface area contributed by atoms with Gasteiger partial charge in [-0.1, -0.05) is 11.3 Å². The van der Waals surface area contributed by atoms with E-state index in [-0.39, 0.29) is 23.2 Å². The summed E-state index contributed by atoms with van der Waals surface area (Å²) >= 11 is 3.07. The molecule has 202 valence electrons. The molecule has 1 saturated heterocycles. The van der Waals surface area contributed by atoms with Crippen LogP contribution < -0.4 is 9.64 Å². The summed E-state index contributed by atoms with van der Waals surface area (Å²) in [7, 11) is -1.67. The SMILES string of the molecule is COc1ccc(SCCCC(=O)N(CCN2CCOCC2)c2nc3ccc(S(C)(=O)=O)cc3s2)cc1.Cl. The lowest BCUT2D eigenvalue weighted by Gasteiger charge is -2.29. The summed E-state index contributed by atoms with van der Waals surface area (Å²) in [5, 5.41) is 0.608. The van der Waals surface area contributed by atoms with Gasteiger partial charge in [-0.2, -0.15) is 0 Å². The van der Waals surface area contributed by atoms with Crippen LogP contribution in [0, 0.1) is 0 Å². The van der Waals surface area contributed by atoms with Crippen molar-refractivity contribution in [1.29, 1.82) is 0 Å². The highest BCUT2D eigenvalue weighted by atomic mass is 35.5. The van der Waals surface area contributed by atoms with Crippen molar-refractivity contribution < 1.29 is 22.7 Å². The minimum atomic E-state index is -3.32. The summed E-state index contributed by atoms with van der Waals surface area (Å²) in [5.74, 6) is 1.68. The van der Waals surface area contributed by atoms with Gasteiger partial charge in [-0.15, -0.1) is 24.2 Å². The minimum absolute atomic E-state index is 0. The molecule has 0 unspecified atom stereocenters. The number of carbonyl (C=O) groups is 1. The molecule has 0 spiro atoms. The first-order valence-electron chi connectivity index (χ1n) is 11.8. The van der Waals surface area contributed by atoms with Crippen molar-refractivity contribution in [3.8, 4) is 5.75 Å². The van der Waals surface area contributed by atoms with Gasteiger partial charge < -0.3 is 9.47 Å². The number of aromatic nitrogens is 1. The number of hydrogen-bond donors (Lipinski definition) is 0.